The van der Waals surface area contributed by atoms with Crippen molar-refractivity contribution in [2.24, 2.45) is 4.99 Å². The largest absolute Gasteiger partial charge is 0.363 e. The van der Waals surface area contributed by atoms with Gasteiger partial charge in [-0.3, -0.25) is 4.79 Å². The Morgan fingerprint density at radius 3 is 2.56 bits per heavy atom. The molecule has 1 aromatic carbocycles. The molecule has 0 bridgehead atoms. The van der Waals surface area contributed by atoms with Crippen molar-refractivity contribution in [1.29, 1.82) is 0 Å². The molecule has 1 aliphatic rings. The number of carbonyl (C=O) groups excluding carboxylic acids is 1. The third-order valence-electron chi connectivity index (χ3n) is 3.42. The molecule has 3 heteroatoms. The van der Waals surface area contributed by atoms with Crippen molar-refractivity contribution in [2.75, 3.05) is 7.05 Å². The fraction of sp³-hybridized carbons (Fsp3) is 0.467. The molecule has 3 nitrogen and oxygen atoms in total. The summed E-state index contributed by atoms with van der Waals surface area (Å²) in [6.45, 7) is 5.56. The summed E-state index contributed by atoms with van der Waals surface area (Å²) in [5, 5.41) is 0. The number of rotatable bonds is 4. The molecule has 0 N–H and O–H groups in total. The second kappa shape index (κ2) is 4.92. The van der Waals surface area contributed by atoms with Crippen LogP contribution in [0.25, 0.3) is 0 Å². The first kappa shape index (κ1) is 12.8. The average Bonchev–Trinajstić information content (AvgIpc) is 3.12. The summed E-state index contributed by atoms with van der Waals surface area (Å²) in [6, 6.07) is 4.59. The van der Waals surface area contributed by atoms with Gasteiger partial charge in [0.05, 0.1) is 12.0 Å². The van der Waals surface area contributed by atoms with Gasteiger partial charge in [-0.2, -0.15) is 0 Å². The van der Waals surface area contributed by atoms with Crippen molar-refractivity contribution >= 4 is 17.8 Å². The standard InChI is InChI=1S/C15H20N2O/c1-10-8-15(11(2)7-14(10)12(3)18)16-9-17(4)13-5-6-13/h7-9,13H,5-6H2,1-4H3. The maximum atomic E-state index is 11.4. The van der Waals surface area contributed by atoms with Crippen molar-refractivity contribution in [1.82, 2.24) is 4.90 Å². The summed E-state index contributed by atoms with van der Waals surface area (Å²) in [4.78, 5) is 18.1. The molecule has 0 spiro atoms. The van der Waals surface area contributed by atoms with E-state index in [1.807, 2.05) is 32.3 Å². The van der Waals surface area contributed by atoms with Crippen LogP contribution in [-0.2, 0) is 0 Å². The number of benzene rings is 1. The van der Waals surface area contributed by atoms with Crippen molar-refractivity contribution in [2.45, 2.75) is 39.7 Å². The highest BCUT2D eigenvalue weighted by molar-refractivity contribution is 5.96. The lowest BCUT2D eigenvalue weighted by Gasteiger charge is -2.12. The van der Waals surface area contributed by atoms with E-state index in [1.165, 1.54) is 12.8 Å². The quantitative estimate of drug-likeness (QED) is 0.462. The fourth-order valence-electron chi connectivity index (χ4n) is 2.05. The Bertz CT molecular complexity index is 501. The minimum absolute atomic E-state index is 0.112. The van der Waals surface area contributed by atoms with Gasteiger partial charge in [0.15, 0.2) is 5.78 Å². The number of aryl methyl sites for hydroxylation is 2. The first-order chi connectivity index (χ1) is 8.49. The van der Waals surface area contributed by atoms with E-state index in [9.17, 15) is 4.79 Å². The molecule has 1 aromatic rings. The third-order valence-corrected chi connectivity index (χ3v) is 3.42. The maximum Gasteiger partial charge on any atom is 0.160 e. The molecule has 0 aliphatic heterocycles. The Balaban J connectivity index is 2.23. The van der Waals surface area contributed by atoms with Crippen LogP contribution in [0.4, 0.5) is 5.69 Å². The summed E-state index contributed by atoms with van der Waals surface area (Å²) in [6.07, 6.45) is 4.43. The summed E-state index contributed by atoms with van der Waals surface area (Å²) in [7, 11) is 2.06. The molecule has 1 fully saturated rings. The molecule has 0 atom stereocenters. The molecular weight excluding hydrogens is 224 g/mol. The molecule has 18 heavy (non-hydrogen) atoms. The van der Waals surface area contributed by atoms with Crippen LogP contribution in [-0.4, -0.2) is 30.1 Å². The number of ketones is 1. The highest BCUT2D eigenvalue weighted by Gasteiger charge is 2.24. The molecule has 2 rings (SSSR count). The predicted octanol–water partition coefficient (Wildman–Crippen LogP) is 3.26. The molecule has 0 aromatic heterocycles. The van der Waals surface area contributed by atoms with Gasteiger partial charge in [0.2, 0.25) is 0 Å². The molecule has 1 saturated carbocycles. The molecule has 1 aliphatic carbocycles. The van der Waals surface area contributed by atoms with Crippen LogP contribution in [0.15, 0.2) is 17.1 Å². The van der Waals surface area contributed by atoms with E-state index in [0.717, 1.165) is 22.4 Å². The molecule has 0 unspecified atom stereocenters. The number of hydrogen-bond acceptors (Lipinski definition) is 2. The van der Waals surface area contributed by atoms with Crippen molar-refractivity contribution in [3.05, 3.63) is 28.8 Å². The highest BCUT2D eigenvalue weighted by Crippen LogP contribution is 2.26. The monoisotopic (exact) mass is 244 g/mol. The summed E-state index contributed by atoms with van der Waals surface area (Å²) in [5.41, 5.74) is 3.78. The van der Waals surface area contributed by atoms with Crippen molar-refractivity contribution in [3.8, 4) is 0 Å². The second-order valence-corrected chi connectivity index (χ2v) is 5.15. The summed E-state index contributed by atoms with van der Waals surface area (Å²) < 4.78 is 0. The molecule has 96 valence electrons. The first-order valence-corrected chi connectivity index (χ1v) is 6.37. The van der Waals surface area contributed by atoms with E-state index >= 15 is 0 Å². The van der Waals surface area contributed by atoms with Gasteiger partial charge >= 0.3 is 0 Å². The predicted molar refractivity (Wildman–Crippen MR) is 74.9 cm³/mol. The van der Waals surface area contributed by atoms with Crippen molar-refractivity contribution in [3.63, 3.8) is 0 Å². The van der Waals surface area contributed by atoms with Gasteiger partial charge in [-0.1, -0.05) is 0 Å². The minimum Gasteiger partial charge on any atom is -0.363 e. The van der Waals surface area contributed by atoms with Crippen molar-refractivity contribution < 1.29 is 4.79 Å². The van der Waals surface area contributed by atoms with Gasteiger partial charge in [0, 0.05) is 18.7 Å². The molecular formula is C15H20N2O. The zero-order valence-electron chi connectivity index (χ0n) is 11.5. The normalized spacial score (nSPS) is 15.1. The lowest BCUT2D eigenvalue weighted by Crippen LogP contribution is -2.17. The van der Waals surface area contributed by atoms with Gasteiger partial charge in [-0.05, 0) is 56.9 Å². The number of nitrogens with zero attached hydrogens (tertiary/aromatic N) is 2. The zero-order valence-corrected chi connectivity index (χ0v) is 11.5. The van der Waals surface area contributed by atoms with Crippen LogP contribution in [0.2, 0.25) is 0 Å². The number of Topliss-reactive ketones (excluding diaryl/α,β-unsaturated/α-hetero) is 1. The zero-order chi connectivity index (χ0) is 13.3. The Kier molecular flexibility index (Phi) is 3.50. The third kappa shape index (κ3) is 2.78. The van der Waals surface area contributed by atoms with E-state index in [-0.39, 0.29) is 5.78 Å². The molecule has 0 saturated heterocycles. The van der Waals surface area contributed by atoms with E-state index in [2.05, 4.69) is 16.9 Å². The molecule has 0 amide bonds. The summed E-state index contributed by atoms with van der Waals surface area (Å²) in [5.74, 6) is 0.112. The van der Waals surface area contributed by atoms with Crippen LogP contribution in [0.5, 0.6) is 0 Å². The van der Waals surface area contributed by atoms with Gasteiger partial charge < -0.3 is 4.90 Å². The van der Waals surface area contributed by atoms with Crippen LogP contribution in [0, 0.1) is 13.8 Å². The van der Waals surface area contributed by atoms with Crippen LogP contribution < -0.4 is 0 Å². The Morgan fingerprint density at radius 2 is 2.00 bits per heavy atom. The van der Waals surface area contributed by atoms with E-state index in [4.69, 9.17) is 0 Å². The van der Waals surface area contributed by atoms with Crippen LogP contribution >= 0.6 is 0 Å². The molecule has 0 heterocycles. The topological polar surface area (TPSA) is 32.7 Å². The minimum atomic E-state index is 0.112. The number of hydrogen-bond donors (Lipinski definition) is 0. The second-order valence-electron chi connectivity index (χ2n) is 5.15. The fourth-order valence-corrected chi connectivity index (χ4v) is 2.05. The van der Waals surface area contributed by atoms with Crippen LogP contribution in [0.1, 0.15) is 41.3 Å². The lowest BCUT2D eigenvalue weighted by molar-refractivity contribution is 0.101. The van der Waals surface area contributed by atoms with Crippen LogP contribution in [0.3, 0.4) is 0 Å². The van der Waals surface area contributed by atoms with Gasteiger partial charge in [-0.25, -0.2) is 4.99 Å². The van der Waals surface area contributed by atoms with E-state index in [1.54, 1.807) is 6.92 Å². The Morgan fingerprint density at radius 1 is 1.33 bits per heavy atom. The Hall–Kier alpha value is -1.64. The van der Waals surface area contributed by atoms with Gasteiger partial charge in [-0.15, -0.1) is 0 Å². The first-order valence-electron chi connectivity index (χ1n) is 6.37. The van der Waals surface area contributed by atoms with Gasteiger partial charge in [0.25, 0.3) is 0 Å². The lowest BCUT2D eigenvalue weighted by atomic mass is 10.0. The SMILES string of the molecule is CC(=O)c1cc(C)c(N=CN(C)C2CC2)cc1C. The van der Waals surface area contributed by atoms with E-state index in [0.29, 0.717) is 6.04 Å². The Labute approximate surface area is 109 Å². The van der Waals surface area contributed by atoms with Gasteiger partial charge in [0.1, 0.15) is 0 Å². The highest BCUT2D eigenvalue weighted by atomic mass is 16.1. The summed E-state index contributed by atoms with van der Waals surface area (Å²) >= 11 is 0. The smallest absolute Gasteiger partial charge is 0.160 e. The number of aliphatic imine (C=N–C) groups is 1. The number of carbonyl (C=O) groups is 1. The van der Waals surface area contributed by atoms with E-state index < -0.39 is 0 Å². The molecule has 0 radical (unpaired) electrons. The maximum absolute atomic E-state index is 11.4. The average molecular weight is 244 g/mol.